The third-order valence-electron chi connectivity index (χ3n) is 5.30. The molecule has 1 N–H and O–H groups in total. The largest absolute Gasteiger partial charge is 0.374 e. The first-order valence-corrected chi connectivity index (χ1v) is 9.42. The Bertz CT molecular complexity index is 669. The molecule has 1 amide bonds. The van der Waals surface area contributed by atoms with Crippen LogP contribution in [0.5, 0.6) is 0 Å². The number of carbonyl (C=O) groups excluding carboxylic acids is 1. The van der Waals surface area contributed by atoms with Crippen LogP contribution in [0.25, 0.3) is 0 Å². The van der Waals surface area contributed by atoms with Crippen molar-refractivity contribution in [2.75, 3.05) is 44.2 Å². The van der Waals surface area contributed by atoms with Crippen LogP contribution in [0.3, 0.4) is 0 Å². The van der Waals surface area contributed by atoms with Gasteiger partial charge in [0.05, 0.1) is 24.6 Å². The number of morpholine rings is 1. The van der Waals surface area contributed by atoms with Crippen LogP contribution in [-0.2, 0) is 16.6 Å². The average Bonchev–Trinajstić information content (AvgIpc) is 2.65. The molecule has 1 unspecified atom stereocenters. The molecule has 2 aliphatic heterocycles. The van der Waals surface area contributed by atoms with Gasteiger partial charge in [0.1, 0.15) is 0 Å². The number of nitrogens with one attached hydrogen (secondary N) is 1. The highest BCUT2D eigenvalue weighted by molar-refractivity contribution is 5.73. The molecule has 26 heavy (non-hydrogen) atoms. The fraction of sp³-hybridized carbons (Fsp3) is 0.722. The molecule has 0 radical (unpaired) electrons. The van der Waals surface area contributed by atoms with Crippen LogP contribution in [0.2, 0.25) is 0 Å². The number of rotatable bonds is 5. The van der Waals surface area contributed by atoms with Crippen molar-refractivity contribution in [2.24, 2.45) is 7.05 Å². The highest BCUT2D eigenvalue weighted by Crippen LogP contribution is 2.16. The SMILES string of the molecule is CC(=O)N1CCC(NCCC2CN(c3cnn(C)c(=O)c3)CCO2)CC1. The van der Waals surface area contributed by atoms with E-state index in [1.54, 1.807) is 26.2 Å². The maximum Gasteiger partial charge on any atom is 0.268 e. The monoisotopic (exact) mass is 363 g/mol. The van der Waals surface area contributed by atoms with Gasteiger partial charge >= 0.3 is 0 Å². The van der Waals surface area contributed by atoms with Crippen molar-refractivity contribution >= 4 is 11.6 Å². The van der Waals surface area contributed by atoms with Crippen molar-refractivity contribution in [1.82, 2.24) is 20.0 Å². The van der Waals surface area contributed by atoms with Gasteiger partial charge in [-0.05, 0) is 25.8 Å². The molecule has 1 aromatic heterocycles. The molecule has 0 saturated carbocycles. The second kappa shape index (κ2) is 8.64. The van der Waals surface area contributed by atoms with Crippen molar-refractivity contribution < 1.29 is 9.53 Å². The third kappa shape index (κ3) is 4.82. The number of carbonyl (C=O) groups is 1. The Labute approximate surface area is 154 Å². The summed E-state index contributed by atoms with van der Waals surface area (Å²) in [7, 11) is 1.65. The summed E-state index contributed by atoms with van der Waals surface area (Å²) in [5, 5.41) is 7.70. The van der Waals surface area contributed by atoms with Crippen LogP contribution in [0, 0.1) is 0 Å². The van der Waals surface area contributed by atoms with Crippen LogP contribution >= 0.6 is 0 Å². The first-order valence-electron chi connectivity index (χ1n) is 9.42. The van der Waals surface area contributed by atoms with Gasteiger partial charge in [0.2, 0.25) is 5.91 Å². The number of aromatic nitrogens is 2. The zero-order chi connectivity index (χ0) is 18.5. The van der Waals surface area contributed by atoms with Crippen molar-refractivity contribution in [1.29, 1.82) is 0 Å². The summed E-state index contributed by atoms with van der Waals surface area (Å²) in [6, 6.07) is 2.11. The van der Waals surface area contributed by atoms with Gasteiger partial charge in [0, 0.05) is 52.3 Å². The summed E-state index contributed by atoms with van der Waals surface area (Å²) in [4.78, 5) is 27.2. The maximum absolute atomic E-state index is 11.8. The number of aryl methyl sites for hydroxylation is 1. The highest BCUT2D eigenvalue weighted by Gasteiger charge is 2.23. The molecular weight excluding hydrogens is 334 g/mol. The number of hydrogen-bond acceptors (Lipinski definition) is 6. The molecule has 3 rings (SSSR count). The zero-order valence-electron chi connectivity index (χ0n) is 15.7. The number of piperidine rings is 1. The summed E-state index contributed by atoms with van der Waals surface area (Å²) >= 11 is 0. The van der Waals surface area contributed by atoms with Gasteiger partial charge in [-0.15, -0.1) is 0 Å². The number of anilines is 1. The molecule has 0 aromatic carbocycles. The van der Waals surface area contributed by atoms with Gasteiger partial charge in [-0.25, -0.2) is 4.68 Å². The first-order chi connectivity index (χ1) is 12.5. The van der Waals surface area contributed by atoms with Gasteiger partial charge in [0.15, 0.2) is 0 Å². The zero-order valence-corrected chi connectivity index (χ0v) is 15.7. The topological polar surface area (TPSA) is 79.7 Å². The second-order valence-corrected chi connectivity index (χ2v) is 7.14. The molecule has 2 saturated heterocycles. The lowest BCUT2D eigenvalue weighted by Crippen LogP contribution is -2.46. The highest BCUT2D eigenvalue weighted by atomic mass is 16.5. The van der Waals surface area contributed by atoms with E-state index in [9.17, 15) is 9.59 Å². The van der Waals surface area contributed by atoms with Crippen LogP contribution in [-0.4, -0.2) is 72.1 Å². The Balaban J connectivity index is 1.42. The summed E-state index contributed by atoms with van der Waals surface area (Å²) < 4.78 is 7.22. The third-order valence-corrected chi connectivity index (χ3v) is 5.30. The second-order valence-electron chi connectivity index (χ2n) is 7.14. The molecule has 8 heteroatoms. The van der Waals surface area contributed by atoms with E-state index in [0.717, 1.165) is 57.7 Å². The molecule has 8 nitrogen and oxygen atoms in total. The Morgan fingerprint density at radius 1 is 1.35 bits per heavy atom. The van der Waals surface area contributed by atoms with Gasteiger partial charge in [-0.2, -0.15) is 5.10 Å². The van der Waals surface area contributed by atoms with Gasteiger partial charge in [0.25, 0.3) is 5.56 Å². The molecule has 2 aliphatic rings. The summed E-state index contributed by atoms with van der Waals surface area (Å²) in [5.41, 5.74) is 0.773. The lowest BCUT2D eigenvalue weighted by molar-refractivity contribution is -0.129. The number of ether oxygens (including phenoxy) is 1. The number of hydrogen-bond donors (Lipinski definition) is 1. The average molecular weight is 363 g/mol. The lowest BCUT2D eigenvalue weighted by atomic mass is 10.0. The summed E-state index contributed by atoms with van der Waals surface area (Å²) in [6.07, 6.45) is 4.84. The maximum atomic E-state index is 11.8. The summed E-state index contributed by atoms with van der Waals surface area (Å²) in [5.74, 6) is 0.171. The van der Waals surface area contributed by atoms with E-state index in [0.29, 0.717) is 12.6 Å². The molecule has 3 heterocycles. The molecule has 0 bridgehead atoms. The molecule has 0 spiro atoms. The fourth-order valence-corrected chi connectivity index (χ4v) is 3.61. The van der Waals surface area contributed by atoms with E-state index in [2.05, 4.69) is 15.3 Å². The summed E-state index contributed by atoms with van der Waals surface area (Å²) in [6.45, 7) is 6.45. The van der Waals surface area contributed by atoms with Crippen LogP contribution in [0.4, 0.5) is 5.69 Å². The predicted molar refractivity (Wildman–Crippen MR) is 99.3 cm³/mol. The van der Waals surface area contributed by atoms with Crippen LogP contribution in [0.1, 0.15) is 26.2 Å². The predicted octanol–water partition coefficient (Wildman–Crippen LogP) is -0.0239. The Kier molecular flexibility index (Phi) is 6.26. The number of amides is 1. The molecule has 0 aliphatic carbocycles. The quantitative estimate of drug-likeness (QED) is 0.792. The van der Waals surface area contributed by atoms with E-state index < -0.39 is 0 Å². The number of nitrogens with zero attached hydrogens (tertiary/aromatic N) is 4. The molecule has 2 fully saturated rings. The minimum atomic E-state index is -0.0934. The standard InChI is InChI=1S/C18H29N5O3/c1-14(24)22-7-4-15(5-8-22)19-6-3-17-13-23(9-10-26-17)16-11-18(25)21(2)20-12-16/h11-12,15,17,19H,3-10,13H2,1-2H3. The van der Waals surface area contributed by atoms with Crippen LogP contribution < -0.4 is 15.8 Å². The smallest absolute Gasteiger partial charge is 0.268 e. The van der Waals surface area contributed by atoms with Gasteiger partial charge in [-0.1, -0.05) is 0 Å². The Morgan fingerprint density at radius 3 is 2.81 bits per heavy atom. The van der Waals surface area contributed by atoms with Crippen molar-refractivity contribution in [2.45, 2.75) is 38.3 Å². The normalized spacial score (nSPS) is 21.8. The molecule has 1 atom stereocenters. The van der Waals surface area contributed by atoms with E-state index >= 15 is 0 Å². The van der Waals surface area contributed by atoms with Crippen molar-refractivity contribution in [3.05, 3.63) is 22.6 Å². The van der Waals surface area contributed by atoms with E-state index in [-0.39, 0.29) is 17.6 Å². The molecule has 1 aromatic rings. The minimum Gasteiger partial charge on any atom is -0.374 e. The number of likely N-dealkylation sites (tertiary alicyclic amines) is 1. The van der Waals surface area contributed by atoms with E-state index in [1.807, 2.05) is 4.90 Å². The van der Waals surface area contributed by atoms with Gasteiger partial charge in [-0.3, -0.25) is 9.59 Å². The van der Waals surface area contributed by atoms with E-state index in [1.165, 1.54) is 4.68 Å². The Hall–Kier alpha value is -1.93. The van der Waals surface area contributed by atoms with Crippen molar-refractivity contribution in [3.63, 3.8) is 0 Å². The van der Waals surface area contributed by atoms with Crippen molar-refractivity contribution in [3.8, 4) is 0 Å². The van der Waals surface area contributed by atoms with Gasteiger partial charge < -0.3 is 19.9 Å². The Morgan fingerprint density at radius 2 is 2.12 bits per heavy atom. The first kappa shape index (κ1) is 18.8. The molecular formula is C18H29N5O3. The lowest BCUT2D eigenvalue weighted by Gasteiger charge is -2.35. The molecule has 144 valence electrons. The minimum absolute atomic E-state index is 0.0934. The van der Waals surface area contributed by atoms with E-state index in [4.69, 9.17) is 4.74 Å². The fourth-order valence-electron chi connectivity index (χ4n) is 3.61. The van der Waals surface area contributed by atoms with Crippen LogP contribution in [0.15, 0.2) is 17.1 Å².